The van der Waals surface area contributed by atoms with E-state index in [2.05, 4.69) is 0 Å². The van der Waals surface area contributed by atoms with Crippen LogP contribution in [0, 0.1) is 0 Å². The maximum atomic E-state index is 12.9. The number of carbonyl (C=O) groups is 2. The van der Waals surface area contributed by atoms with Gasteiger partial charge in [0.2, 0.25) is 0 Å². The Balaban J connectivity index is 1.64. The molecule has 3 aromatic carbocycles. The van der Waals surface area contributed by atoms with Crippen molar-refractivity contribution < 1.29 is 27.9 Å². The molecule has 0 fully saturated rings. The lowest BCUT2D eigenvalue weighted by Gasteiger charge is -2.16. The second kappa shape index (κ2) is 7.35. The van der Waals surface area contributed by atoms with Crippen LogP contribution in [0.25, 0.3) is 5.57 Å². The average molecular weight is 447 g/mol. The number of nitrogens with zero attached hydrogens (tertiary/aromatic N) is 1. The van der Waals surface area contributed by atoms with Crippen molar-refractivity contribution in [2.75, 3.05) is 6.54 Å². The summed E-state index contributed by atoms with van der Waals surface area (Å²) in [5.41, 5.74) is 3.01. The lowest BCUT2D eigenvalue weighted by molar-refractivity contribution is 0.0696. The highest BCUT2D eigenvalue weighted by Gasteiger charge is 2.40. The number of fused-ring (bicyclic) bond motifs is 3. The van der Waals surface area contributed by atoms with E-state index in [0.29, 0.717) is 16.9 Å². The van der Waals surface area contributed by atoms with Gasteiger partial charge in [0.1, 0.15) is 17.3 Å². The van der Waals surface area contributed by atoms with Crippen LogP contribution in [0.4, 0.5) is 0 Å². The average Bonchev–Trinajstić information content (AvgIpc) is 2.90. The van der Waals surface area contributed by atoms with E-state index < -0.39 is 21.9 Å². The molecule has 0 aromatic heterocycles. The number of carboxylic acids is 1. The third-order valence-corrected chi connectivity index (χ3v) is 7.39. The van der Waals surface area contributed by atoms with Crippen molar-refractivity contribution in [1.82, 2.24) is 4.31 Å². The molecule has 0 aliphatic carbocycles. The van der Waals surface area contributed by atoms with Crippen molar-refractivity contribution in [3.05, 3.63) is 101 Å². The Kier molecular flexibility index (Phi) is 4.60. The molecule has 0 radical (unpaired) electrons. The summed E-state index contributed by atoms with van der Waals surface area (Å²) in [6.07, 6.45) is 1.64. The summed E-state index contributed by atoms with van der Waals surface area (Å²) in [6, 6.07) is 18.1. The number of rotatable bonds is 3. The molecule has 5 rings (SSSR count). The summed E-state index contributed by atoms with van der Waals surface area (Å²) >= 11 is 0. The van der Waals surface area contributed by atoms with E-state index in [9.17, 15) is 23.1 Å². The Bertz CT molecular complexity index is 1420. The van der Waals surface area contributed by atoms with Gasteiger partial charge >= 0.3 is 5.97 Å². The highest BCUT2D eigenvalue weighted by atomic mass is 32.2. The Morgan fingerprint density at radius 3 is 2.47 bits per heavy atom. The van der Waals surface area contributed by atoms with E-state index >= 15 is 0 Å². The first-order valence-corrected chi connectivity index (χ1v) is 11.3. The van der Waals surface area contributed by atoms with E-state index in [0.717, 1.165) is 15.4 Å². The van der Waals surface area contributed by atoms with E-state index in [1.165, 1.54) is 24.3 Å². The highest BCUT2D eigenvalue weighted by molar-refractivity contribution is 7.90. The maximum absolute atomic E-state index is 12.9. The minimum absolute atomic E-state index is 0.0124. The minimum atomic E-state index is -3.97. The second-order valence-electron chi connectivity index (χ2n) is 7.42. The lowest BCUT2D eigenvalue weighted by Crippen LogP contribution is -2.30. The van der Waals surface area contributed by atoms with Gasteiger partial charge in [0.25, 0.3) is 15.9 Å². The first-order valence-electron chi connectivity index (χ1n) is 9.83. The van der Waals surface area contributed by atoms with Crippen LogP contribution in [0.2, 0.25) is 0 Å². The van der Waals surface area contributed by atoms with Crippen LogP contribution < -0.4 is 4.74 Å². The van der Waals surface area contributed by atoms with Gasteiger partial charge < -0.3 is 9.84 Å². The minimum Gasteiger partial charge on any atom is -0.488 e. The fourth-order valence-corrected chi connectivity index (χ4v) is 5.52. The molecule has 8 heteroatoms. The normalized spacial score (nSPS) is 17.2. The molecular formula is C24H17NO6S. The van der Waals surface area contributed by atoms with E-state index in [4.69, 9.17) is 4.74 Å². The first-order chi connectivity index (χ1) is 15.4. The molecule has 2 heterocycles. The van der Waals surface area contributed by atoms with Gasteiger partial charge in [-0.25, -0.2) is 17.5 Å². The molecular weight excluding hydrogens is 430 g/mol. The second-order valence-corrected chi connectivity index (χ2v) is 9.25. The summed E-state index contributed by atoms with van der Waals surface area (Å²) in [5, 5.41) is 9.45. The standard InChI is InChI=1S/C24H17NO6S/c26-23-19-7-3-4-8-22(19)32(29,30)25(23)12-11-18-17-6-2-1-5-16(17)14-31-21-10-9-15(24(27)28)13-20(18)21/h1-11,13H,12,14H2,(H,27,28)/b18-11+. The van der Waals surface area contributed by atoms with Gasteiger partial charge in [0, 0.05) is 5.56 Å². The monoisotopic (exact) mass is 447 g/mol. The van der Waals surface area contributed by atoms with Gasteiger partial charge in [-0.2, -0.15) is 0 Å². The quantitative estimate of drug-likeness (QED) is 0.659. The third kappa shape index (κ3) is 3.07. The molecule has 160 valence electrons. The number of amides is 1. The van der Waals surface area contributed by atoms with Crippen LogP contribution in [-0.4, -0.2) is 36.3 Å². The number of hydrogen-bond acceptors (Lipinski definition) is 5. The van der Waals surface area contributed by atoms with Gasteiger partial charge in [-0.3, -0.25) is 4.79 Å². The van der Waals surface area contributed by atoms with Gasteiger partial charge in [-0.05, 0) is 47.0 Å². The fourth-order valence-electron chi connectivity index (χ4n) is 4.01. The smallest absolute Gasteiger partial charge is 0.335 e. The van der Waals surface area contributed by atoms with Crippen molar-refractivity contribution in [2.45, 2.75) is 11.5 Å². The zero-order valence-electron chi connectivity index (χ0n) is 16.7. The van der Waals surface area contributed by atoms with Crippen molar-refractivity contribution in [2.24, 2.45) is 0 Å². The van der Waals surface area contributed by atoms with Crippen LogP contribution >= 0.6 is 0 Å². The predicted molar refractivity (Wildman–Crippen MR) is 116 cm³/mol. The molecule has 0 bridgehead atoms. The zero-order chi connectivity index (χ0) is 22.5. The number of carboxylic acid groups (broad SMARTS) is 1. The molecule has 7 nitrogen and oxygen atoms in total. The Morgan fingerprint density at radius 2 is 1.72 bits per heavy atom. The van der Waals surface area contributed by atoms with E-state index in [1.807, 2.05) is 24.3 Å². The molecule has 0 unspecified atom stereocenters. The molecule has 32 heavy (non-hydrogen) atoms. The number of hydrogen-bond donors (Lipinski definition) is 1. The van der Waals surface area contributed by atoms with E-state index in [-0.39, 0.29) is 29.2 Å². The number of ether oxygens (including phenoxy) is 1. The van der Waals surface area contributed by atoms with E-state index in [1.54, 1.807) is 24.3 Å². The summed E-state index contributed by atoms with van der Waals surface area (Å²) < 4.78 is 32.6. The van der Waals surface area contributed by atoms with Crippen LogP contribution in [0.1, 0.15) is 37.4 Å². The van der Waals surface area contributed by atoms with Crippen LogP contribution in [0.15, 0.2) is 77.7 Å². The summed E-state index contributed by atoms with van der Waals surface area (Å²) in [7, 11) is -3.97. The topological polar surface area (TPSA) is 101 Å². The van der Waals surface area contributed by atoms with Crippen molar-refractivity contribution in [3.8, 4) is 5.75 Å². The van der Waals surface area contributed by atoms with Crippen LogP contribution in [-0.2, 0) is 16.6 Å². The van der Waals surface area contributed by atoms with Gasteiger partial charge in [0.05, 0.1) is 17.7 Å². The number of sulfonamides is 1. The van der Waals surface area contributed by atoms with Crippen LogP contribution in [0.3, 0.4) is 0 Å². The predicted octanol–water partition coefficient (Wildman–Crippen LogP) is 3.55. The Labute approximate surface area is 184 Å². The molecule has 0 atom stereocenters. The molecule has 0 saturated heterocycles. The largest absolute Gasteiger partial charge is 0.488 e. The Morgan fingerprint density at radius 1 is 1.00 bits per heavy atom. The highest BCUT2D eigenvalue weighted by Crippen LogP contribution is 2.38. The molecule has 1 N–H and O–H groups in total. The summed E-state index contributed by atoms with van der Waals surface area (Å²) in [4.78, 5) is 24.3. The van der Waals surface area contributed by atoms with Gasteiger partial charge in [-0.1, -0.05) is 42.5 Å². The van der Waals surface area contributed by atoms with Gasteiger partial charge in [0.15, 0.2) is 0 Å². The zero-order valence-corrected chi connectivity index (χ0v) is 17.5. The maximum Gasteiger partial charge on any atom is 0.335 e. The van der Waals surface area contributed by atoms with Crippen molar-refractivity contribution in [3.63, 3.8) is 0 Å². The molecule has 1 amide bonds. The number of carbonyl (C=O) groups excluding carboxylic acids is 1. The summed E-state index contributed by atoms with van der Waals surface area (Å²) in [6.45, 7) is 0.0789. The molecule has 2 aliphatic rings. The first kappa shape index (κ1) is 20.0. The molecule has 3 aromatic rings. The van der Waals surface area contributed by atoms with Crippen molar-refractivity contribution >= 4 is 27.5 Å². The summed E-state index contributed by atoms with van der Waals surface area (Å²) in [5.74, 6) is -1.19. The SMILES string of the molecule is O=C(O)c1ccc2c(c1)/C(=C/CN1C(=O)c3ccccc3S1(=O)=O)c1ccccc1CO2. The molecule has 0 saturated carbocycles. The molecule has 0 spiro atoms. The van der Waals surface area contributed by atoms with Crippen molar-refractivity contribution in [1.29, 1.82) is 0 Å². The number of benzene rings is 3. The molecule has 2 aliphatic heterocycles. The lowest BCUT2D eigenvalue weighted by atomic mass is 9.93. The Hall–Kier alpha value is -3.91. The fraction of sp³-hybridized carbons (Fsp3) is 0.0833. The number of aromatic carboxylic acids is 1. The van der Waals surface area contributed by atoms with Crippen LogP contribution in [0.5, 0.6) is 5.75 Å². The van der Waals surface area contributed by atoms with Gasteiger partial charge in [-0.15, -0.1) is 0 Å². The third-order valence-electron chi connectivity index (χ3n) is 5.58.